The predicted octanol–water partition coefficient (Wildman–Crippen LogP) is 0.811. The van der Waals surface area contributed by atoms with Crippen LogP contribution in [-0.2, 0) is 4.74 Å². The minimum absolute atomic E-state index is 0.0299. The van der Waals surface area contributed by atoms with E-state index in [0.29, 0.717) is 12.8 Å². The van der Waals surface area contributed by atoms with E-state index in [0.717, 1.165) is 25.9 Å². The van der Waals surface area contributed by atoms with Crippen LogP contribution in [0.15, 0.2) is 0 Å². The molecule has 2 saturated heterocycles. The van der Waals surface area contributed by atoms with E-state index >= 15 is 0 Å². The summed E-state index contributed by atoms with van der Waals surface area (Å²) in [6.45, 7) is 4.53. The standard InChI is InChI=1S/C12H23N3O2/c1-10-12(17-9-14(10)4)5-7-15(8-6-12)11(16)13(2)3/h10H,5-9H2,1-4H3. The van der Waals surface area contributed by atoms with Crippen LogP contribution in [0.1, 0.15) is 19.8 Å². The fourth-order valence-corrected chi connectivity index (χ4v) is 2.79. The Kier molecular flexibility index (Phi) is 3.32. The molecule has 2 aliphatic rings. The highest BCUT2D eigenvalue weighted by Gasteiger charge is 2.47. The Morgan fingerprint density at radius 2 is 1.94 bits per heavy atom. The van der Waals surface area contributed by atoms with Gasteiger partial charge in [0.05, 0.1) is 12.3 Å². The molecule has 0 aromatic heterocycles. The van der Waals surface area contributed by atoms with Gasteiger partial charge in [-0.2, -0.15) is 0 Å². The van der Waals surface area contributed by atoms with Crippen molar-refractivity contribution in [2.45, 2.75) is 31.4 Å². The van der Waals surface area contributed by atoms with Gasteiger partial charge in [0, 0.05) is 33.2 Å². The lowest BCUT2D eigenvalue weighted by Gasteiger charge is -2.41. The molecule has 2 aliphatic heterocycles. The molecule has 0 N–H and O–H groups in total. The van der Waals surface area contributed by atoms with Crippen LogP contribution in [0.5, 0.6) is 0 Å². The molecule has 1 atom stereocenters. The Labute approximate surface area is 103 Å². The smallest absolute Gasteiger partial charge is 0.319 e. The predicted molar refractivity (Wildman–Crippen MR) is 65.8 cm³/mol. The van der Waals surface area contributed by atoms with E-state index < -0.39 is 0 Å². The highest BCUT2D eigenvalue weighted by atomic mass is 16.5. The molecular formula is C12H23N3O2. The van der Waals surface area contributed by atoms with Crippen LogP contribution in [-0.4, -0.2) is 73.3 Å². The number of urea groups is 1. The first-order valence-corrected chi connectivity index (χ1v) is 6.27. The van der Waals surface area contributed by atoms with Crippen LogP contribution in [0.2, 0.25) is 0 Å². The Hall–Kier alpha value is -0.810. The highest BCUT2D eigenvalue weighted by molar-refractivity contribution is 5.73. The van der Waals surface area contributed by atoms with E-state index in [4.69, 9.17) is 4.74 Å². The summed E-state index contributed by atoms with van der Waals surface area (Å²) in [6, 6.07) is 0.554. The first-order valence-electron chi connectivity index (χ1n) is 6.27. The zero-order chi connectivity index (χ0) is 12.6. The van der Waals surface area contributed by atoms with Crippen molar-refractivity contribution in [1.29, 1.82) is 0 Å². The van der Waals surface area contributed by atoms with Crippen molar-refractivity contribution in [1.82, 2.24) is 14.7 Å². The van der Waals surface area contributed by atoms with Crippen molar-refractivity contribution in [2.24, 2.45) is 0 Å². The van der Waals surface area contributed by atoms with Crippen LogP contribution in [0, 0.1) is 0 Å². The molecule has 2 amide bonds. The molecular weight excluding hydrogens is 218 g/mol. The van der Waals surface area contributed by atoms with E-state index in [1.807, 2.05) is 4.90 Å². The molecule has 0 radical (unpaired) electrons. The maximum Gasteiger partial charge on any atom is 0.319 e. The highest BCUT2D eigenvalue weighted by Crippen LogP contribution is 2.36. The van der Waals surface area contributed by atoms with E-state index in [1.54, 1.807) is 19.0 Å². The minimum Gasteiger partial charge on any atom is -0.358 e. The average molecular weight is 241 g/mol. The third-order valence-corrected chi connectivity index (χ3v) is 4.24. The van der Waals surface area contributed by atoms with E-state index in [9.17, 15) is 4.79 Å². The van der Waals surface area contributed by atoms with Crippen molar-refractivity contribution < 1.29 is 9.53 Å². The minimum atomic E-state index is -0.0299. The van der Waals surface area contributed by atoms with Gasteiger partial charge in [0.2, 0.25) is 0 Å². The maximum absolute atomic E-state index is 11.8. The largest absolute Gasteiger partial charge is 0.358 e. The van der Waals surface area contributed by atoms with Crippen LogP contribution in [0.3, 0.4) is 0 Å². The second-order valence-corrected chi connectivity index (χ2v) is 5.44. The number of hydrogen-bond donors (Lipinski definition) is 0. The number of hydrogen-bond acceptors (Lipinski definition) is 3. The van der Waals surface area contributed by atoms with Gasteiger partial charge >= 0.3 is 6.03 Å². The molecule has 17 heavy (non-hydrogen) atoms. The van der Waals surface area contributed by atoms with Crippen LogP contribution in [0.4, 0.5) is 4.79 Å². The Morgan fingerprint density at radius 3 is 2.35 bits per heavy atom. The van der Waals surface area contributed by atoms with Crippen molar-refractivity contribution in [2.75, 3.05) is 41.0 Å². The van der Waals surface area contributed by atoms with Gasteiger partial charge in [-0.05, 0) is 26.8 Å². The second kappa shape index (κ2) is 4.46. The summed E-state index contributed by atoms with van der Waals surface area (Å²) in [5.41, 5.74) is -0.0299. The van der Waals surface area contributed by atoms with Crippen molar-refractivity contribution in [3.8, 4) is 0 Å². The lowest BCUT2D eigenvalue weighted by Crippen LogP contribution is -2.53. The van der Waals surface area contributed by atoms with Crippen molar-refractivity contribution >= 4 is 6.03 Å². The zero-order valence-corrected chi connectivity index (χ0v) is 11.3. The van der Waals surface area contributed by atoms with Crippen LogP contribution >= 0.6 is 0 Å². The number of carbonyl (C=O) groups is 1. The van der Waals surface area contributed by atoms with Gasteiger partial charge in [-0.3, -0.25) is 4.90 Å². The molecule has 0 aromatic carbocycles. The monoisotopic (exact) mass is 241 g/mol. The summed E-state index contributed by atoms with van der Waals surface area (Å²) < 4.78 is 5.97. The van der Waals surface area contributed by atoms with E-state index in [2.05, 4.69) is 18.9 Å². The number of ether oxygens (including phenoxy) is 1. The molecule has 1 spiro atoms. The van der Waals surface area contributed by atoms with Gasteiger partial charge in [0.15, 0.2) is 0 Å². The molecule has 5 nitrogen and oxygen atoms in total. The molecule has 0 aliphatic carbocycles. The number of likely N-dealkylation sites (N-methyl/N-ethyl adjacent to an activating group) is 1. The Bertz CT molecular complexity index is 298. The summed E-state index contributed by atoms with van der Waals surface area (Å²) in [7, 11) is 5.70. The third-order valence-electron chi connectivity index (χ3n) is 4.24. The lowest BCUT2D eigenvalue weighted by molar-refractivity contribution is -0.0440. The summed E-state index contributed by atoms with van der Waals surface area (Å²) >= 11 is 0. The second-order valence-electron chi connectivity index (χ2n) is 5.44. The molecule has 0 aromatic rings. The molecule has 2 fully saturated rings. The fourth-order valence-electron chi connectivity index (χ4n) is 2.79. The van der Waals surface area contributed by atoms with Crippen molar-refractivity contribution in [3.05, 3.63) is 0 Å². The summed E-state index contributed by atoms with van der Waals surface area (Å²) in [6.07, 6.45) is 1.89. The summed E-state index contributed by atoms with van der Waals surface area (Å²) in [5.74, 6) is 0. The number of piperidine rings is 1. The van der Waals surface area contributed by atoms with Gasteiger partial charge in [0.1, 0.15) is 0 Å². The van der Waals surface area contributed by atoms with E-state index in [1.165, 1.54) is 0 Å². The first kappa shape index (κ1) is 12.6. The van der Waals surface area contributed by atoms with Crippen LogP contribution in [0.25, 0.3) is 0 Å². The SMILES string of the molecule is CC1N(C)COC12CCN(C(=O)N(C)C)CC2. The number of carbonyl (C=O) groups excluding carboxylic acids is 1. The summed E-state index contributed by atoms with van der Waals surface area (Å²) in [5, 5.41) is 0. The zero-order valence-electron chi connectivity index (χ0n) is 11.3. The quantitative estimate of drug-likeness (QED) is 0.629. The molecule has 5 heteroatoms. The normalized spacial score (nSPS) is 28.7. The number of nitrogens with zero attached hydrogens (tertiary/aromatic N) is 3. The number of rotatable bonds is 0. The summed E-state index contributed by atoms with van der Waals surface area (Å²) in [4.78, 5) is 17.6. The first-order chi connectivity index (χ1) is 7.96. The van der Waals surface area contributed by atoms with Gasteiger partial charge in [-0.15, -0.1) is 0 Å². The van der Waals surface area contributed by atoms with Crippen LogP contribution < -0.4 is 0 Å². The van der Waals surface area contributed by atoms with Gasteiger partial charge < -0.3 is 14.5 Å². The van der Waals surface area contributed by atoms with Gasteiger partial charge in [-0.1, -0.05) is 0 Å². The molecule has 2 rings (SSSR count). The van der Waals surface area contributed by atoms with Gasteiger partial charge in [-0.25, -0.2) is 4.79 Å². The lowest BCUT2D eigenvalue weighted by atomic mass is 9.85. The molecule has 0 saturated carbocycles. The molecule has 2 heterocycles. The number of likely N-dealkylation sites (tertiary alicyclic amines) is 1. The molecule has 0 bridgehead atoms. The average Bonchev–Trinajstić information content (AvgIpc) is 2.59. The topological polar surface area (TPSA) is 36.0 Å². The Morgan fingerprint density at radius 1 is 1.35 bits per heavy atom. The molecule has 1 unspecified atom stereocenters. The van der Waals surface area contributed by atoms with Gasteiger partial charge in [0.25, 0.3) is 0 Å². The van der Waals surface area contributed by atoms with Crippen molar-refractivity contribution in [3.63, 3.8) is 0 Å². The fraction of sp³-hybridized carbons (Fsp3) is 0.917. The number of amides is 2. The third kappa shape index (κ3) is 2.13. The Balaban J connectivity index is 1.96. The maximum atomic E-state index is 11.8. The van der Waals surface area contributed by atoms with E-state index in [-0.39, 0.29) is 11.6 Å². The molecule has 98 valence electrons.